The number of nitrogens with one attached hydrogen (secondary N) is 4. The van der Waals surface area contributed by atoms with Crippen LogP contribution in [-0.4, -0.2) is 96.7 Å². The second-order valence-electron chi connectivity index (χ2n) is 9.23. The van der Waals surface area contributed by atoms with Crippen molar-refractivity contribution in [2.24, 2.45) is 0 Å². The zero-order valence-electron chi connectivity index (χ0n) is 21.4. The van der Waals surface area contributed by atoms with Crippen LogP contribution in [0.3, 0.4) is 0 Å². The molecule has 2 heterocycles. The minimum Gasteiger partial charge on any atom is -0.354 e. The van der Waals surface area contributed by atoms with Crippen LogP contribution in [-0.2, 0) is 24.0 Å². The maximum absolute atomic E-state index is 12.9. The van der Waals surface area contributed by atoms with E-state index in [1.807, 2.05) is 6.92 Å². The van der Waals surface area contributed by atoms with Crippen LogP contribution in [0.2, 0.25) is 0 Å². The number of nitrogens with zero attached hydrogens (tertiary/aromatic N) is 2. The Balaban J connectivity index is 1.84. The molecule has 35 heavy (non-hydrogen) atoms. The zero-order chi connectivity index (χ0) is 25.8. The van der Waals surface area contributed by atoms with Crippen molar-refractivity contribution in [2.45, 2.75) is 83.8 Å². The first kappa shape index (κ1) is 28.5. The maximum atomic E-state index is 12.9. The average Bonchev–Trinajstić information content (AvgIpc) is 3.50. The fourth-order valence-corrected chi connectivity index (χ4v) is 4.75. The number of likely N-dealkylation sites (tertiary alicyclic amines) is 2. The van der Waals surface area contributed by atoms with Gasteiger partial charge in [-0.2, -0.15) is 0 Å². The Hall–Kier alpha value is -2.69. The Labute approximate surface area is 208 Å². The molecule has 0 aromatic carbocycles. The lowest BCUT2D eigenvalue weighted by atomic mass is 10.1. The lowest BCUT2D eigenvalue weighted by Gasteiger charge is -2.25. The number of hydrogen-bond donors (Lipinski definition) is 4. The molecule has 0 saturated carbocycles. The van der Waals surface area contributed by atoms with Crippen molar-refractivity contribution in [3.63, 3.8) is 0 Å². The van der Waals surface area contributed by atoms with Gasteiger partial charge in [0.05, 0.1) is 0 Å². The van der Waals surface area contributed by atoms with E-state index in [1.54, 1.807) is 9.80 Å². The highest BCUT2D eigenvalue weighted by Crippen LogP contribution is 2.18. The van der Waals surface area contributed by atoms with Gasteiger partial charge in [-0.15, -0.1) is 0 Å². The molecular formula is C24H42N6O5. The first-order valence-electron chi connectivity index (χ1n) is 12.9. The van der Waals surface area contributed by atoms with E-state index in [0.717, 1.165) is 19.4 Å². The highest BCUT2D eigenvalue weighted by Gasteiger charge is 2.34. The van der Waals surface area contributed by atoms with E-state index in [9.17, 15) is 24.0 Å². The maximum Gasteiger partial charge on any atom is 0.243 e. The fourth-order valence-electron chi connectivity index (χ4n) is 4.75. The van der Waals surface area contributed by atoms with Crippen molar-refractivity contribution < 1.29 is 24.0 Å². The van der Waals surface area contributed by atoms with Gasteiger partial charge in [0.15, 0.2) is 0 Å². The largest absolute Gasteiger partial charge is 0.354 e. The molecule has 5 amide bonds. The number of likely N-dealkylation sites (N-methyl/N-ethyl adjacent to an activating group) is 1. The summed E-state index contributed by atoms with van der Waals surface area (Å²) in [5.74, 6) is -0.934. The second-order valence-corrected chi connectivity index (χ2v) is 9.23. The zero-order valence-corrected chi connectivity index (χ0v) is 21.4. The van der Waals surface area contributed by atoms with Crippen molar-refractivity contribution in [2.75, 3.05) is 39.3 Å². The minimum absolute atomic E-state index is 0.0908. The topological polar surface area (TPSA) is 140 Å². The second kappa shape index (κ2) is 14.7. The van der Waals surface area contributed by atoms with Crippen LogP contribution in [0.5, 0.6) is 0 Å². The van der Waals surface area contributed by atoms with Gasteiger partial charge in [0.2, 0.25) is 29.5 Å². The molecule has 2 fully saturated rings. The molecule has 4 N–H and O–H groups in total. The molecule has 0 spiro atoms. The van der Waals surface area contributed by atoms with E-state index >= 15 is 0 Å². The fraction of sp³-hybridized carbons (Fsp3) is 0.792. The van der Waals surface area contributed by atoms with Gasteiger partial charge in [-0.3, -0.25) is 24.0 Å². The van der Waals surface area contributed by atoms with Gasteiger partial charge in [-0.1, -0.05) is 6.92 Å². The third kappa shape index (κ3) is 8.79. The van der Waals surface area contributed by atoms with Crippen LogP contribution in [0, 0.1) is 0 Å². The quantitative estimate of drug-likeness (QED) is 0.255. The van der Waals surface area contributed by atoms with E-state index < -0.39 is 18.1 Å². The summed E-state index contributed by atoms with van der Waals surface area (Å²) in [5, 5.41) is 11.7. The van der Waals surface area contributed by atoms with Gasteiger partial charge in [0.1, 0.15) is 18.1 Å². The van der Waals surface area contributed by atoms with Crippen molar-refractivity contribution in [3.8, 4) is 0 Å². The van der Waals surface area contributed by atoms with Gasteiger partial charge in [-0.25, -0.2) is 0 Å². The molecule has 0 aromatic heterocycles. The molecule has 2 aliphatic heterocycles. The number of hydrogen-bond acceptors (Lipinski definition) is 6. The van der Waals surface area contributed by atoms with Crippen LogP contribution >= 0.6 is 0 Å². The van der Waals surface area contributed by atoms with E-state index in [2.05, 4.69) is 21.3 Å². The predicted octanol–water partition coefficient (Wildman–Crippen LogP) is -0.495. The van der Waals surface area contributed by atoms with Gasteiger partial charge in [0, 0.05) is 46.6 Å². The summed E-state index contributed by atoms with van der Waals surface area (Å²) in [6.07, 6.45) is 4.52. The molecular weight excluding hydrogens is 452 g/mol. The monoisotopic (exact) mass is 494 g/mol. The molecule has 2 aliphatic rings. The third-order valence-corrected chi connectivity index (χ3v) is 6.62. The Morgan fingerprint density at radius 1 is 0.800 bits per heavy atom. The van der Waals surface area contributed by atoms with E-state index in [4.69, 9.17) is 0 Å². The molecule has 198 valence electrons. The molecule has 11 nitrogen and oxygen atoms in total. The summed E-state index contributed by atoms with van der Waals surface area (Å²) in [4.78, 5) is 64.8. The molecule has 0 bridgehead atoms. The smallest absolute Gasteiger partial charge is 0.243 e. The van der Waals surface area contributed by atoms with Crippen LogP contribution in [0.1, 0.15) is 65.7 Å². The SMILES string of the molecule is CCNCCNC(=O)C(CCCCNC(=O)C1CCCN1C(C)=O)NC(=O)C1CCCN1C(C)=O. The van der Waals surface area contributed by atoms with Crippen LogP contribution < -0.4 is 21.3 Å². The minimum atomic E-state index is -0.711. The summed E-state index contributed by atoms with van der Waals surface area (Å²) in [6.45, 7) is 8.39. The van der Waals surface area contributed by atoms with Gasteiger partial charge >= 0.3 is 0 Å². The predicted molar refractivity (Wildman–Crippen MR) is 131 cm³/mol. The van der Waals surface area contributed by atoms with E-state index in [1.165, 1.54) is 13.8 Å². The molecule has 2 rings (SSSR count). The molecule has 3 unspecified atom stereocenters. The Morgan fingerprint density at radius 2 is 1.40 bits per heavy atom. The lowest BCUT2D eigenvalue weighted by molar-refractivity contribution is -0.138. The number of carbonyl (C=O) groups excluding carboxylic acids is 5. The Bertz CT molecular complexity index is 761. The van der Waals surface area contributed by atoms with E-state index in [-0.39, 0.29) is 29.5 Å². The summed E-state index contributed by atoms with van der Waals surface area (Å²) < 4.78 is 0. The normalized spacial score (nSPS) is 20.4. The number of amides is 5. The summed E-state index contributed by atoms with van der Waals surface area (Å²) in [7, 11) is 0. The van der Waals surface area contributed by atoms with Crippen molar-refractivity contribution in [1.82, 2.24) is 31.1 Å². The number of rotatable bonds is 13. The summed E-state index contributed by atoms with van der Waals surface area (Å²) in [5.41, 5.74) is 0. The Morgan fingerprint density at radius 3 is 1.97 bits per heavy atom. The molecule has 3 atom stereocenters. The standard InChI is InChI=1S/C24H42N6O5/c1-4-25-13-14-27-22(33)19(28-24(35)21-11-8-16-30(21)18(3)32)9-5-6-12-26-23(34)20-10-7-15-29(20)17(2)31/h19-21,25H,4-16H2,1-3H3,(H,26,34)(H,27,33)(H,28,35). The lowest BCUT2D eigenvalue weighted by Crippen LogP contribution is -2.53. The van der Waals surface area contributed by atoms with Gasteiger partial charge < -0.3 is 31.1 Å². The molecule has 0 aromatic rings. The third-order valence-electron chi connectivity index (χ3n) is 6.62. The van der Waals surface area contributed by atoms with Crippen molar-refractivity contribution >= 4 is 29.5 Å². The molecule has 11 heteroatoms. The van der Waals surface area contributed by atoms with E-state index in [0.29, 0.717) is 64.8 Å². The molecule has 0 aliphatic carbocycles. The molecule has 2 saturated heterocycles. The number of unbranched alkanes of at least 4 members (excludes halogenated alkanes) is 1. The number of carbonyl (C=O) groups is 5. The Kier molecular flexibility index (Phi) is 11.9. The summed E-state index contributed by atoms with van der Waals surface area (Å²) in [6, 6.07) is -1.66. The highest BCUT2D eigenvalue weighted by atomic mass is 16.2. The van der Waals surface area contributed by atoms with Crippen molar-refractivity contribution in [1.29, 1.82) is 0 Å². The highest BCUT2D eigenvalue weighted by molar-refractivity contribution is 5.92. The van der Waals surface area contributed by atoms with Gasteiger partial charge in [0.25, 0.3) is 0 Å². The molecule has 0 radical (unpaired) electrons. The first-order chi connectivity index (χ1) is 16.8. The van der Waals surface area contributed by atoms with Crippen molar-refractivity contribution in [3.05, 3.63) is 0 Å². The van der Waals surface area contributed by atoms with Crippen LogP contribution in [0.15, 0.2) is 0 Å². The average molecular weight is 495 g/mol. The first-order valence-corrected chi connectivity index (χ1v) is 12.9. The van der Waals surface area contributed by atoms with Gasteiger partial charge in [-0.05, 0) is 51.5 Å². The van der Waals surface area contributed by atoms with Crippen LogP contribution in [0.25, 0.3) is 0 Å². The summed E-state index contributed by atoms with van der Waals surface area (Å²) >= 11 is 0. The van der Waals surface area contributed by atoms with Crippen LogP contribution in [0.4, 0.5) is 0 Å².